The molecule has 0 radical (unpaired) electrons. The quantitative estimate of drug-likeness (QED) is 0.649. The van der Waals surface area contributed by atoms with Gasteiger partial charge in [-0.25, -0.2) is 0 Å². The van der Waals surface area contributed by atoms with Crippen molar-refractivity contribution in [1.82, 2.24) is 0 Å². The Balaban J connectivity index is 1.63. The van der Waals surface area contributed by atoms with Gasteiger partial charge in [-0.15, -0.1) is 0 Å². The molecular formula is C22H33NO. The van der Waals surface area contributed by atoms with Crippen molar-refractivity contribution in [3.05, 3.63) is 0 Å². The second-order valence-electron chi connectivity index (χ2n) is 9.91. The Bertz CT molecular complexity index is 577. The van der Waals surface area contributed by atoms with Gasteiger partial charge in [-0.1, -0.05) is 27.2 Å². The van der Waals surface area contributed by atoms with Gasteiger partial charge in [0.25, 0.3) is 0 Å². The molecule has 0 aromatic heterocycles. The molecule has 132 valence electrons. The molecule has 4 saturated carbocycles. The lowest BCUT2D eigenvalue weighted by Gasteiger charge is -2.54. The van der Waals surface area contributed by atoms with Crippen molar-refractivity contribution in [3.63, 3.8) is 0 Å². The van der Waals surface area contributed by atoms with Gasteiger partial charge in [0, 0.05) is 16.7 Å². The highest BCUT2D eigenvalue weighted by atomic mass is 16.1. The maximum Gasteiger partial charge on any atom is 0.144 e. The van der Waals surface area contributed by atoms with Crippen LogP contribution in [0.25, 0.3) is 0 Å². The Kier molecular flexibility index (Phi) is 3.87. The summed E-state index contributed by atoms with van der Waals surface area (Å²) in [6.07, 6.45) is 10.7. The second kappa shape index (κ2) is 5.58. The molecule has 8 atom stereocenters. The molecule has 4 aliphatic carbocycles. The molecule has 0 aliphatic heterocycles. The summed E-state index contributed by atoms with van der Waals surface area (Å²) in [5.74, 6) is 4.46. The second-order valence-corrected chi connectivity index (χ2v) is 9.91. The first-order valence-electron chi connectivity index (χ1n) is 10.4. The van der Waals surface area contributed by atoms with E-state index in [1.165, 1.54) is 32.1 Å². The van der Waals surface area contributed by atoms with Crippen LogP contribution >= 0.6 is 0 Å². The average molecular weight is 328 g/mol. The third-order valence-corrected chi connectivity index (χ3v) is 9.07. The van der Waals surface area contributed by atoms with Crippen LogP contribution in [0, 0.1) is 57.7 Å². The van der Waals surface area contributed by atoms with Gasteiger partial charge in [0.2, 0.25) is 0 Å². The highest BCUT2D eigenvalue weighted by Gasteiger charge is 2.62. The van der Waals surface area contributed by atoms with Gasteiger partial charge >= 0.3 is 0 Å². The Morgan fingerprint density at radius 1 is 1.04 bits per heavy atom. The molecule has 0 bridgehead atoms. The van der Waals surface area contributed by atoms with Crippen molar-refractivity contribution >= 4 is 5.78 Å². The molecule has 4 aliphatic rings. The number of hydrogen-bond acceptors (Lipinski definition) is 2. The van der Waals surface area contributed by atoms with Crippen LogP contribution in [0.5, 0.6) is 0 Å². The number of hydrogen-bond donors (Lipinski definition) is 0. The third kappa shape index (κ3) is 2.09. The summed E-state index contributed by atoms with van der Waals surface area (Å²) in [5, 5.41) is 9.56. The molecule has 0 saturated heterocycles. The fourth-order valence-electron chi connectivity index (χ4n) is 7.61. The van der Waals surface area contributed by atoms with E-state index in [4.69, 9.17) is 0 Å². The van der Waals surface area contributed by atoms with E-state index in [0.29, 0.717) is 23.5 Å². The third-order valence-electron chi connectivity index (χ3n) is 9.07. The monoisotopic (exact) mass is 327 g/mol. The number of rotatable bonds is 1. The van der Waals surface area contributed by atoms with Crippen molar-refractivity contribution in [3.8, 4) is 6.07 Å². The van der Waals surface area contributed by atoms with Crippen molar-refractivity contribution in [1.29, 1.82) is 5.26 Å². The minimum atomic E-state index is -0.0765. The minimum absolute atomic E-state index is 0.0535. The van der Waals surface area contributed by atoms with Crippen molar-refractivity contribution in [2.45, 2.75) is 78.6 Å². The first kappa shape index (κ1) is 16.6. The zero-order valence-electron chi connectivity index (χ0n) is 15.7. The molecule has 0 spiro atoms. The van der Waals surface area contributed by atoms with Crippen LogP contribution in [-0.2, 0) is 4.79 Å². The van der Waals surface area contributed by atoms with Crippen LogP contribution in [0.4, 0.5) is 0 Å². The van der Waals surface area contributed by atoms with Gasteiger partial charge in [-0.05, 0) is 81.0 Å². The van der Waals surface area contributed by atoms with Gasteiger partial charge < -0.3 is 0 Å². The predicted octanol–water partition coefficient (Wildman–Crippen LogP) is 5.37. The summed E-state index contributed by atoms with van der Waals surface area (Å²) in [4.78, 5) is 13.2. The Hall–Kier alpha value is -0.840. The van der Waals surface area contributed by atoms with E-state index in [1.54, 1.807) is 0 Å². The summed E-state index contributed by atoms with van der Waals surface area (Å²) in [5.41, 5.74) is -0.130. The molecule has 4 rings (SSSR count). The molecule has 24 heavy (non-hydrogen) atoms. The van der Waals surface area contributed by atoms with Crippen molar-refractivity contribution in [2.24, 2.45) is 46.3 Å². The number of fused-ring (bicyclic) bond motifs is 5. The average Bonchev–Trinajstić information content (AvgIpc) is 2.82. The molecule has 2 heteroatoms. The zero-order chi connectivity index (χ0) is 17.1. The highest BCUT2D eigenvalue weighted by molar-refractivity contribution is 5.92. The molecule has 2 nitrogen and oxygen atoms in total. The van der Waals surface area contributed by atoms with E-state index >= 15 is 0 Å². The normalized spacial score (nSPS) is 53.7. The summed E-state index contributed by atoms with van der Waals surface area (Å²) in [6.45, 7) is 6.72. The summed E-state index contributed by atoms with van der Waals surface area (Å²) >= 11 is 0. The van der Waals surface area contributed by atoms with Crippen LogP contribution < -0.4 is 0 Å². The van der Waals surface area contributed by atoms with Gasteiger partial charge in [-0.2, -0.15) is 5.26 Å². The molecule has 6 unspecified atom stereocenters. The zero-order valence-corrected chi connectivity index (χ0v) is 15.7. The lowest BCUT2D eigenvalue weighted by molar-refractivity contribution is -0.138. The van der Waals surface area contributed by atoms with Gasteiger partial charge in [-0.3, -0.25) is 4.79 Å². The lowest BCUT2D eigenvalue weighted by atomic mass is 9.49. The summed E-state index contributed by atoms with van der Waals surface area (Å²) in [7, 11) is 0. The number of carbonyl (C=O) groups is 1. The summed E-state index contributed by atoms with van der Waals surface area (Å²) in [6, 6.07) is 2.63. The van der Waals surface area contributed by atoms with E-state index in [2.05, 4.69) is 26.8 Å². The van der Waals surface area contributed by atoms with Gasteiger partial charge in [0.15, 0.2) is 0 Å². The maximum absolute atomic E-state index is 13.2. The fraction of sp³-hybridized carbons (Fsp3) is 0.909. The van der Waals surface area contributed by atoms with Gasteiger partial charge in [0.05, 0.1) is 6.07 Å². The number of nitrogens with zero attached hydrogens (tertiary/aromatic N) is 1. The van der Waals surface area contributed by atoms with Crippen molar-refractivity contribution < 1.29 is 4.79 Å². The largest absolute Gasteiger partial charge is 0.298 e. The molecule has 0 aromatic carbocycles. The van der Waals surface area contributed by atoms with E-state index in [9.17, 15) is 10.1 Å². The predicted molar refractivity (Wildman–Crippen MR) is 95.0 cm³/mol. The van der Waals surface area contributed by atoms with Crippen molar-refractivity contribution in [2.75, 3.05) is 0 Å². The minimum Gasteiger partial charge on any atom is -0.298 e. The first-order valence-corrected chi connectivity index (χ1v) is 10.4. The SMILES string of the molecule is CC[C@]1(C)CC2C3CCC4C(C#N)CCCC4C3CC[C@]2(C)C1=O. The fourth-order valence-corrected chi connectivity index (χ4v) is 7.61. The van der Waals surface area contributed by atoms with Crippen LogP contribution in [-0.4, -0.2) is 5.78 Å². The molecule has 0 aromatic rings. The molecule has 0 heterocycles. The number of nitriles is 1. The van der Waals surface area contributed by atoms with E-state index in [0.717, 1.165) is 43.4 Å². The maximum atomic E-state index is 13.2. The topological polar surface area (TPSA) is 40.9 Å². The van der Waals surface area contributed by atoms with Crippen LogP contribution in [0.1, 0.15) is 78.6 Å². The first-order chi connectivity index (χ1) is 11.4. The smallest absolute Gasteiger partial charge is 0.144 e. The Morgan fingerprint density at radius 2 is 1.75 bits per heavy atom. The summed E-state index contributed by atoms with van der Waals surface area (Å²) < 4.78 is 0. The van der Waals surface area contributed by atoms with Crippen LogP contribution in [0.15, 0.2) is 0 Å². The van der Waals surface area contributed by atoms with E-state index < -0.39 is 0 Å². The number of Topliss-reactive ketones (excluding diaryl/α,β-unsaturated/α-hetero) is 1. The lowest BCUT2D eigenvalue weighted by Crippen LogP contribution is -2.49. The Labute approximate surface area is 147 Å². The van der Waals surface area contributed by atoms with Crippen LogP contribution in [0.2, 0.25) is 0 Å². The van der Waals surface area contributed by atoms with E-state index in [1.807, 2.05) is 0 Å². The number of ketones is 1. The molecule has 4 fully saturated rings. The molecule has 0 amide bonds. The number of carbonyl (C=O) groups excluding carboxylic acids is 1. The highest BCUT2D eigenvalue weighted by Crippen LogP contribution is 2.65. The van der Waals surface area contributed by atoms with Gasteiger partial charge in [0.1, 0.15) is 5.78 Å². The molecular weight excluding hydrogens is 294 g/mol. The van der Waals surface area contributed by atoms with E-state index in [-0.39, 0.29) is 10.8 Å². The Morgan fingerprint density at radius 3 is 2.46 bits per heavy atom. The van der Waals surface area contributed by atoms with Crippen LogP contribution in [0.3, 0.4) is 0 Å². The molecule has 0 N–H and O–H groups in total. The standard InChI is InChI=1S/C22H33NO/c1-4-21(2)12-19-18-9-8-15-14(13-23)6-5-7-16(15)17(18)10-11-22(19,3)20(21)24/h14-19H,4-12H2,1-3H3/t14?,15?,16?,17?,18?,19?,21-,22+/m1/s1.